The van der Waals surface area contributed by atoms with Crippen molar-refractivity contribution in [2.75, 3.05) is 26.9 Å². The van der Waals surface area contributed by atoms with E-state index in [1.165, 1.54) is 12.0 Å². The minimum absolute atomic E-state index is 0.0681. The lowest BCUT2D eigenvalue weighted by Gasteiger charge is -2.38. The Labute approximate surface area is 280 Å². The van der Waals surface area contributed by atoms with Crippen LogP contribution in [0.1, 0.15) is 43.4 Å². The van der Waals surface area contributed by atoms with Gasteiger partial charge in [-0.25, -0.2) is 0 Å². The fourth-order valence-corrected chi connectivity index (χ4v) is 7.60. The number of hydrogen-bond acceptors (Lipinski definition) is 8. The molecule has 11 heteroatoms. The maximum Gasteiger partial charge on any atom is 0.313 e. The SMILES string of the molecule is CC[C@@H](CO)N1C(=O)[C@H]2[C@@H]3C(=O)O[C@H](c4ccccc4)[C@@H](COC)NC(=O)CC/C=C\CN(Cc4ccccc4)C(=O)[C@H]1[C@@]21C=C[C@@H]3O1. The Balaban J connectivity index is 1.45. The van der Waals surface area contributed by atoms with Crippen LogP contribution in [0, 0.1) is 11.8 Å². The molecule has 0 aliphatic carbocycles. The molecule has 254 valence electrons. The number of ether oxygens (including phenoxy) is 3. The van der Waals surface area contributed by atoms with E-state index in [1.54, 1.807) is 17.1 Å². The smallest absolute Gasteiger partial charge is 0.313 e. The van der Waals surface area contributed by atoms with Crippen LogP contribution in [0.3, 0.4) is 0 Å². The van der Waals surface area contributed by atoms with Gasteiger partial charge in [-0.2, -0.15) is 0 Å². The van der Waals surface area contributed by atoms with Crippen LogP contribution in [0.4, 0.5) is 0 Å². The number of aliphatic hydroxyl groups is 1. The highest BCUT2D eigenvalue weighted by Crippen LogP contribution is 2.56. The van der Waals surface area contributed by atoms with E-state index in [0.29, 0.717) is 18.4 Å². The molecule has 8 atom stereocenters. The standard InChI is InChI=1S/C37H43N3O8/c1-3-26(22-41)40-33-35(44)39(21-24-13-7-4-8-14-24)20-12-6-11-17-29(42)38-27(23-46-2)32(25-15-9-5-10-16-25)47-36(45)30-28-18-19-37(33,48-28)31(30)34(40)43/h4-10,12-16,18-19,26-28,30-33,41H,3,11,17,20-23H2,1-2H3,(H,38,42)/b12-6-/t26-,27+,28-,30+,31+,32+,33-,37+/m0/s1. The molecule has 1 spiro atoms. The van der Waals surface area contributed by atoms with Gasteiger partial charge < -0.3 is 34.4 Å². The average molecular weight is 658 g/mol. The number of esters is 1. The highest BCUT2D eigenvalue weighted by Gasteiger charge is 2.74. The molecule has 2 saturated heterocycles. The predicted octanol–water partition coefficient (Wildman–Crippen LogP) is 2.70. The first-order valence-corrected chi connectivity index (χ1v) is 16.6. The van der Waals surface area contributed by atoms with Gasteiger partial charge in [-0.15, -0.1) is 0 Å². The zero-order valence-corrected chi connectivity index (χ0v) is 27.3. The van der Waals surface area contributed by atoms with E-state index in [0.717, 1.165) is 5.56 Å². The van der Waals surface area contributed by atoms with Crippen LogP contribution in [-0.4, -0.2) is 95.3 Å². The Morgan fingerprint density at radius 1 is 1.02 bits per heavy atom. The largest absolute Gasteiger partial charge is 0.455 e. The lowest BCUT2D eigenvalue weighted by atomic mass is 9.74. The number of allylic oxidation sites excluding steroid dienone is 1. The first-order chi connectivity index (χ1) is 23.3. The third-order valence-corrected chi connectivity index (χ3v) is 9.88. The van der Waals surface area contributed by atoms with Gasteiger partial charge in [-0.1, -0.05) is 91.9 Å². The molecule has 4 aliphatic rings. The summed E-state index contributed by atoms with van der Waals surface area (Å²) in [6.45, 7) is 2.03. The number of carbonyl (C=O) groups excluding carboxylic acids is 4. The molecule has 4 aliphatic heterocycles. The lowest BCUT2D eigenvalue weighted by Crippen LogP contribution is -2.58. The Morgan fingerprint density at radius 2 is 1.75 bits per heavy atom. The molecule has 6 rings (SSSR count). The Kier molecular flexibility index (Phi) is 10.1. The number of rotatable bonds is 8. The zero-order chi connectivity index (χ0) is 33.8. The van der Waals surface area contributed by atoms with Gasteiger partial charge in [-0.3, -0.25) is 19.2 Å². The number of carbonyl (C=O) groups is 4. The normalized spacial score (nSPS) is 31.8. The van der Waals surface area contributed by atoms with E-state index in [-0.39, 0.29) is 44.5 Å². The van der Waals surface area contributed by atoms with Crippen molar-refractivity contribution >= 4 is 23.7 Å². The van der Waals surface area contributed by atoms with E-state index in [9.17, 15) is 24.3 Å². The van der Waals surface area contributed by atoms with Gasteiger partial charge in [0.1, 0.15) is 23.7 Å². The summed E-state index contributed by atoms with van der Waals surface area (Å²) in [4.78, 5) is 60.0. The number of cyclic esters (lactones) is 1. The average Bonchev–Trinajstić information content (AvgIpc) is 3.75. The van der Waals surface area contributed by atoms with Gasteiger partial charge in [-0.05, 0) is 24.0 Å². The summed E-state index contributed by atoms with van der Waals surface area (Å²) in [5.74, 6) is -3.81. The molecule has 48 heavy (non-hydrogen) atoms. The second-order valence-corrected chi connectivity index (χ2v) is 12.8. The first-order valence-electron chi connectivity index (χ1n) is 16.6. The van der Waals surface area contributed by atoms with Gasteiger partial charge in [0.25, 0.3) is 0 Å². The Morgan fingerprint density at radius 3 is 2.44 bits per heavy atom. The molecule has 3 amide bonds. The molecule has 2 aromatic carbocycles. The van der Waals surface area contributed by atoms with Gasteiger partial charge >= 0.3 is 5.97 Å². The Hall–Kier alpha value is -4.32. The van der Waals surface area contributed by atoms with Gasteiger partial charge in [0, 0.05) is 26.6 Å². The molecule has 2 N–H and O–H groups in total. The van der Waals surface area contributed by atoms with Crippen LogP contribution in [0.2, 0.25) is 0 Å². The molecule has 5 bridgehead atoms. The summed E-state index contributed by atoms with van der Waals surface area (Å²) in [6.07, 6.45) is 6.45. The van der Waals surface area contributed by atoms with E-state index in [1.807, 2.05) is 79.7 Å². The fourth-order valence-electron chi connectivity index (χ4n) is 7.60. The van der Waals surface area contributed by atoms with Crippen molar-refractivity contribution in [3.8, 4) is 0 Å². The molecule has 11 nitrogen and oxygen atoms in total. The monoisotopic (exact) mass is 657 g/mol. The van der Waals surface area contributed by atoms with Crippen molar-refractivity contribution in [2.45, 2.75) is 68.7 Å². The van der Waals surface area contributed by atoms with Crippen LogP contribution in [0.5, 0.6) is 0 Å². The highest BCUT2D eigenvalue weighted by molar-refractivity contribution is 5.99. The molecule has 0 radical (unpaired) electrons. The van der Waals surface area contributed by atoms with E-state index >= 15 is 0 Å². The number of nitrogens with one attached hydrogen (secondary N) is 1. The molecule has 4 heterocycles. The van der Waals surface area contributed by atoms with Crippen LogP contribution in [0.25, 0.3) is 0 Å². The molecule has 0 saturated carbocycles. The summed E-state index contributed by atoms with van der Waals surface area (Å²) in [5.41, 5.74) is 0.115. The number of likely N-dealkylation sites (tertiary alicyclic amines) is 1. The topological polar surface area (TPSA) is 135 Å². The quantitative estimate of drug-likeness (QED) is 0.327. The number of aliphatic hydroxyl groups excluding tert-OH is 1. The number of fused-ring (bicyclic) bond motifs is 2. The molecular weight excluding hydrogens is 614 g/mol. The van der Waals surface area contributed by atoms with Gasteiger partial charge in [0.2, 0.25) is 17.7 Å². The number of nitrogens with zero attached hydrogens (tertiary/aromatic N) is 2. The van der Waals surface area contributed by atoms with Crippen molar-refractivity contribution in [3.05, 3.63) is 96.1 Å². The highest BCUT2D eigenvalue weighted by atomic mass is 16.6. The second-order valence-electron chi connectivity index (χ2n) is 12.8. The van der Waals surface area contributed by atoms with Crippen LogP contribution < -0.4 is 5.32 Å². The number of amides is 3. The predicted molar refractivity (Wildman–Crippen MR) is 175 cm³/mol. The molecular formula is C37H43N3O8. The number of benzene rings is 2. The van der Waals surface area contributed by atoms with E-state index in [2.05, 4.69) is 5.32 Å². The summed E-state index contributed by atoms with van der Waals surface area (Å²) >= 11 is 0. The summed E-state index contributed by atoms with van der Waals surface area (Å²) in [7, 11) is 1.51. The summed E-state index contributed by atoms with van der Waals surface area (Å²) < 4.78 is 18.3. The van der Waals surface area contributed by atoms with Crippen molar-refractivity contribution in [3.63, 3.8) is 0 Å². The van der Waals surface area contributed by atoms with Crippen molar-refractivity contribution in [2.24, 2.45) is 11.8 Å². The third kappa shape index (κ3) is 6.18. The lowest BCUT2D eigenvalue weighted by molar-refractivity contribution is -0.163. The van der Waals surface area contributed by atoms with Crippen molar-refractivity contribution in [1.29, 1.82) is 0 Å². The van der Waals surface area contributed by atoms with Gasteiger partial charge in [0.15, 0.2) is 0 Å². The number of methoxy groups -OCH3 is 1. The van der Waals surface area contributed by atoms with E-state index in [4.69, 9.17) is 14.2 Å². The fraction of sp³-hybridized carbons (Fsp3) is 0.459. The van der Waals surface area contributed by atoms with Crippen LogP contribution >= 0.6 is 0 Å². The molecule has 0 unspecified atom stereocenters. The summed E-state index contributed by atoms with van der Waals surface area (Å²) in [5, 5.41) is 13.4. The molecule has 2 fully saturated rings. The third-order valence-electron chi connectivity index (χ3n) is 9.88. The number of hydrogen-bond donors (Lipinski definition) is 2. The van der Waals surface area contributed by atoms with Crippen molar-refractivity contribution in [1.82, 2.24) is 15.1 Å². The zero-order valence-electron chi connectivity index (χ0n) is 27.3. The Bertz CT molecular complexity index is 1540. The van der Waals surface area contributed by atoms with Crippen LogP contribution in [0.15, 0.2) is 85.0 Å². The molecule has 0 aromatic heterocycles. The minimum atomic E-state index is -1.43. The summed E-state index contributed by atoms with van der Waals surface area (Å²) in [6, 6.07) is 16.1. The maximum absolute atomic E-state index is 14.8. The van der Waals surface area contributed by atoms with Crippen LogP contribution in [-0.2, 0) is 39.9 Å². The van der Waals surface area contributed by atoms with Crippen molar-refractivity contribution < 1.29 is 38.5 Å². The molecule has 2 aromatic rings. The minimum Gasteiger partial charge on any atom is -0.455 e. The first kappa shape index (κ1) is 33.6. The maximum atomic E-state index is 14.8. The second kappa shape index (κ2) is 14.4. The van der Waals surface area contributed by atoms with E-state index < -0.39 is 59.6 Å². The van der Waals surface area contributed by atoms with Gasteiger partial charge in [0.05, 0.1) is 37.3 Å².